The molecule has 0 saturated carbocycles. The maximum atomic E-state index is 13.2. The van der Waals surface area contributed by atoms with E-state index in [-0.39, 0.29) is 24.1 Å². The van der Waals surface area contributed by atoms with Gasteiger partial charge in [0.15, 0.2) is 0 Å². The van der Waals surface area contributed by atoms with Crippen LogP contribution in [0, 0.1) is 6.92 Å². The second kappa shape index (κ2) is 11.3. The predicted molar refractivity (Wildman–Crippen MR) is 132 cm³/mol. The smallest absolute Gasteiger partial charge is 0.242 e. The first kappa shape index (κ1) is 25.6. The first-order valence-corrected chi connectivity index (χ1v) is 12.1. The SMILES string of the molecule is Cc1ccc(CSCC(=O)N(Cc2c(Cl)cccc2Cl)[C@H](C)C(=O)NC(C)(C)C)cc1. The molecular weight excluding hydrogens is 451 g/mol. The summed E-state index contributed by atoms with van der Waals surface area (Å²) in [6.45, 7) is 9.67. The zero-order valence-electron chi connectivity index (χ0n) is 18.7. The average molecular weight is 481 g/mol. The molecule has 0 aliphatic heterocycles. The highest BCUT2D eigenvalue weighted by molar-refractivity contribution is 7.99. The first-order valence-electron chi connectivity index (χ1n) is 10.2. The standard InChI is InChI=1S/C24H30Cl2N2O2S/c1-16-9-11-18(12-10-16)14-31-15-22(29)28(17(2)23(30)27-24(3,4)5)13-19-20(25)7-6-8-21(19)26/h6-12,17H,13-15H2,1-5H3,(H,27,30)/t17-/m1/s1. The lowest BCUT2D eigenvalue weighted by atomic mass is 10.1. The van der Waals surface area contributed by atoms with Crippen molar-refractivity contribution in [2.75, 3.05) is 5.75 Å². The molecule has 0 radical (unpaired) electrons. The highest BCUT2D eigenvalue weighted by atomic mass is 35.5. The van der Waals surface area contributed by atoms with E-state index in [2.05, 4.69) is 29.6 Å². The summed E-state index contributed by atoms with van der Waals surface area (Å²) in [7, 11) is 0. The number of halogens is 2. The second-order valence-electron chi connectivity index (χ2n) is 8.62. The van der Waals surface area contributed by atoms with Crippen LogP contribution < -0.4 is 5.32 Å². The highest BCUT2D eigenvalue weighted by Crippen LogP contribution is 2.27. The number of carbonyl (C=O) groups is 2. The lowest BCUT2D eigenvalue weighted by molar-refractivity contribution is -0.139. The lowest BCUT2D eigenvalue weighted by Gasteiger charge is -2.32. The maximum Gasteiger partial charge on any atom is 0.242 e. The quantitative estimate of drug-likeness (QED) is 0.513. The summed E-state index contributed by atoms with van der Waals surface area (Å²) in [5.41, 5.74) is 2.59. The molecule has 2 amide bonds. The third-order valence-corrected chi connectivity index (χ3v) is 6.37. The molecule has 0 bridgehead atoms. The van der Waals surface area contributed by atoms with Gasteiger partial charge in [-0.15, -0.1) is 11.8 Å². The largest absolute Gasteiger partial charge is 0.350 e. The summed E-state index contributed by atoms with van der Waals surface area (Å²) in [6.07, 6.45) is 0. The van der Waals surface area contributed by atoms with E-state index in [0.717, 1.165) is 11.3 Å². The third kappa shape index (κ3) is 8.06. The van der Waals surface area contributed by atoms with Gasteiger partial charge in [-0.3, -0.25) is 9.59 Å². The fourth-order valence-electron chi connectivity index (χ4n) is 2.93. The number of nitrogens with zero attached hydrogens (tertiary/aromatic N) is 1. The summed E-state index contributed by atoms with van der Waals surface area (Å²) in [5.74, 6) is 0.621. The Morgan fingerprint density at radius 3 is 2.19 bits per heavy atom. The van der Waals surface area contributed by atoms with Gasteiger partial charge in [0.1, 0.15) is 6.04 Å². The predicted octanol–water partition coefficient (Wildman–Crippen LogP) is 5.87. The second-order valence-corrected chi connectivity index (χ2v) is 10.4. The number of rotatable bonds is 8. The van der Waals surface area contributed by atoms with Crippen molar-refractivity contribution in [3.63, 3.8) is 0 Å². The number of aryl methyl sites for hydroxylation is 1. The van der Waals surface area contributed by atoms with Gasteiger partial charge < -0.3 is 10.2 Å². The van der Waals surface area contributed by atoms with E-state index in [0.29, 0.717) is 15.6 Å². The van der Waals surface area contributed by atoms with Gasteiger partial charge in [-0.25, -0.2) is 0 Å². The Balaban J connectivity index is 2.16. The molecule has 31 heavy (non-hydrogen) atoms. The van der Waals surface area contributed by atoms with Gasteiger partial charge in [0.25, 0.3) is 0 Å². The minimum Gasteiger partial charge on any atom is -0.350 e. The molecule has 0 aliphatic carbocycles. The van der Waals surface area contributed by atoms with E-state index < -0.39 is 11.6 Å². The van der Waals surface area contributed by atoms with Crippen LogP contribution in [-0.2, 0) is 21.9 Å². The van der Waals surface area contributed by atoms with Crippen molar-refractivity contribution in [2.45, 2.75) is 58.5 Å². The number of benzene rings is 2. The molecule has 0 heterocycles. The van der Waals surface area contributed by atoms with Gasteiger partial charge in [0.05, 0.1) is 5.75 Å². The van der Waals surface area contributed by atoms with Crippen LogP contribution in [0.4, 0.5) is 0 Å². The number of hydrogen-bond acceptors (Lipinski definition) is 3. The monoisotopic (exact) mass is 480 g/mol. The average Bonchev–Trinajstić information content (AvgIpc) is 2.67. The van der Waals surface area contributed by atoms with E-state index in [1.54, 1.807) is 30.0 Å². The van der Waals surface area contributed by atoms with Crippen LogP contribution in [0.2, 0.25) is 10.0 Å². The zero-order chi connectivity index (χ0) is 23.2. The molecule has 2 rings (SSSR count). The molecule has 2 aromatic carbocycles. The summed E-state index contributed by atoms with van der Waals surface area (Å²) >= 11 is 14.2. The lowest BCUT2D eigenvalue weighted by Crippen LogP contribution is -2.52. The van der Waals surface area contributed by atoms with Crippen LogP contribution in [-0.4, -0.2) is 34.0 Å². The molecule has 0 spiro atoms. The fraction of sp³-hybridized carbons (Fsp3) is 0.417. The molecule has 0 fully saturated rings. The van der Waals surface area contributed by atoms with Crippen LogP contribution in [0.5, 0.6) is 0 Å². The van der Waals surface area contributed by atoms with E-state index in [9.17, 15) is 9.59 Å². The van der Waals surface area contributed by atoms with Gasteiger partial charge in [-0.05, 0) is 52.3 Å². The number of hydrogen-bond donors (Lipinski definition) is 1. The first-order chi connectivity index (χ1) is 14.5. The molecule has 2 aromatic rings. The van der Waals surface area contributed by atoms with Crippen molar-refractivity contribution in [1.82, 2.24) is 10.2 Å². The minimum atomic E-state index is -0.668. The maximum absolute atomic E-state index is 13.2. The Bertz CT molecular complexity index is 891. The van der Waals surface area contributed by atoms with Crippen LogP contribution in [0.25, 0.3) is 0 Å². The van der Waals surface area contributed by atoms with Gasteiger partial charge in [0.2, 0.25) is 11.8 Å². The van der Waals surface area contributed by atoms with Gasteiger partial charge in [0, 0.05) is 33.4 Å². The van der Waals surface area contributed by atoms with Crippen LogP contribution in [0.3, 0.4) is 0 Å². The van der Waals surface area contributed by atoms with Crippen molar-refractivity contribution < 1.29 is 9.59 Å². The van der Waals surface area contributed by atoms with Crippen molar-refractivity contribution in [1.29, 1.82) is 0 Å². The van der Waals surface area contributed by atoms with Crippen LogP contribution in [0.1, 0.15) is 44.4 Å². The Hall–Kier alpha value is -1.69. The van der Waals surface area contributed by atoms with Crippen molar-refractivity contribution in [2.24, 2.45) is 0 Å². The number of carbonyl (C=O) groups excluding carboxylic acids is 2. The molecule has 4 nitrogen and oxygen atoms in total. The summed E-state index contributed by atoms with van der Waals surface area (Å²) in [4.78, 5) is 27.5. The minimum absolute atomic E-state index is 0.135. The summed E-state index contributed by atoms with van der Waals surface area (Å²) < 4.78 is 0. The van der Waals surface area contributed by atoms with Crippen LogP contribution >= 0.6 is 35.0 Å². The Labute approximate surface area is 199 Å². The zero-order valence-corrected chi connectivity index (χ0v) is 21.0. The van der Waals surface area contributed by atoms with E-state index >= 15 is 0 Å². The topological polar surface area (TPSA) is 49.4 Å². The molecule has 1 atom stereocenters. The molecular formula is C24H30Cl2N2O2S. The van der Waals surface area contributed by atoms with E-state index in [1.807, 2.05) is 27.7 Å². The number of nitrogens with one attached hydrogen (secondary N) is 1. The number of amides is 2. The van der Waals surface area contributed by atoms with Crippen molar-refractivity contribution in [3.8, 4) is 0 Å². The summed E-state index contributed by atoms with van der Waals surface area (Å²) in [5, 5.41) is 3.90. The van der Waals surface area contributed by atoms with Crippen molar-refractivity contribution in [3.05, 3.63) is 69.2 Å². The van der Waals surface area contributed by atoms with Crippen molar-refractivity contribution >= 4 is 46.8 Å². The normalized spacial score (nSPS) is 12.4. The van der Waals surface area contributed by atoms with Crippen LogP contribution in [0.15, 0.2) is 42.5 Å². The Kier molecular flexibility index (Phi) is 9.28. The molecule has 0 aromatic heterocycles. The Morgan fingerprint density at radius 1 is 1.06 bits per heavy atom. The van der Waals surface area contributed by atoms with E-state index in [1.165, 1.54) is 17.3 Å². The fourth-order valence-corrected chi connectivity index (χ4v) is 4.32. The molecule has 0 saturated heterocycles. The number of thioether (sulfide) groups is 1. The molecule has 0 unspecified atom stereocenters. The molecule has 1 N–H and O–H groups in total. The van der Waals surface area contributed by atoms with Gasteiger partial charge in [-0.2, -0.15) is 0 Å². The summed E-state index contributed by atoms with van der Waals surface area (Å²) in [6, 6.07) is 12.8. The molecule has 0 aliphatic rings. The highest BCUT2D eigenvalue weighted by Gasteiger charge is 2.29. The molecule has 7 heteroatoms. The third-order valence-electron chi connectivity index (χ3n) is 4.67. The molecule has 168 valence electrons. The Morgan fingerprint density at radius 2 is 1.65 bits per heavy atom. The van der Waals surface area contributed by atoms with E-state index in [4.69, 9.17) is 23.2 Å². The van der Waals surface area contributed by atoms with Gasteiger partial charge in [-0.1, -0.05) is 59.1 Å². The van der Waals surface area contributed by atoms with Gasteiger partial charge >= 0.3 is 0 Å².